The Bertz CT molecular complexity index is 1360. The van der Waals surface area contributed by atoms with Crippen LogP contribution in [0.5, 0.6) is 11.5 Å². The van der Waals surface area contributed by atoms with Crippen molar-refractivity contribution in [3.8, 4) is 22.9 Å². The molecule has 0 bridgehead atoms. The molecule has 0 saturated heterocycles. The molecule has 4 aromatic rings. The van der Waals surface area contributed by atoms with Crippen LogP contribution in [0.4, 0.5) is 0 Å². The molecule has 0 aliphatic carbocycles. The number of fused-ring (bicyclic) bond motifs is 1. The number of carbonyl (C=O) groups excluding carboxylic acids is 1. The van der Waals surface area contributed by atoms with Crippen molar-refractivity contribution in [2.45, 2.75) is 0 Å². The standard InChI is InChI=1S/C25H21N3O4/c1-31-21-14-13-18(16-22(21)32-2)24-26-20-11-7-6-10-19(20)25(30)28(24)27-23(29)15-12-17-8-4-3-5-9-17/h3-16H,1-2H3,(H,27,29)/b15-12+. The Balaban J connectivity index is 1.80. The van der Waals surface area contributed by atoms with Gasteiger partial charge in [-0.2, -0.15) is 4.68 Å². The minimum Gasteiger partial charge on any atom is -0.493 e. The van der Waals surface area contributed by atoms with Crippen LogP contribution in [-0.4, -0.2) is 29.8 Å². The van der Waals surface area contributed by atoms with E-state index in [0.29, 0.717) is 28.0 Å². The van der Waals surface area contributed by atoms with Gasteiger partial charge in [0.05, 0.1) is 25.1 Å². The lowest BCUT2D eigenvalue weighted by atomic mass is 10.1. The lowest BCUT2D eigenvalue weighted by Gasteiger charge is -2.15. The molecule has 1 aromatic heterocycles. The Morgan fingerprint density at radius 1 is 0.938 bits per heavy atom. The number of hydrogen-bond acceptors (Lipinski definition) is 5. The summed E-state index contributed by atoms with van der Waals surface area (Å²) in [7, 11) is 3.07. The van der Waals surface area contributed by atoms with E-state index in [-0.39, 0.29) is 11.4 Å². The van der Waals surface area contributed by atoms with Crippen LogP contribution >= 0.6 is 0 Å². The summed E-state index contributed by atoms with van der Waals surface area (Å²) in [6.45, 7) is 0. The molecule has 4 rings (SSSR count). The molecular weight excluding hydrogens is 406 g/mol. The van der Waals surface area contributed by atoms with Crippen LogP contribution in [0.3, 0.4) is 0 Å². The summed E-state index contributed by atoms with van der Waals surface area (Å²) in [5.41, 5.74) is 4.23. The van der Waals surface area contributed by atoms with Crippen LogP contribution in [-0.2, 0) is 4.79 Å². The van der Waals surface area contributed by atoms with Crippen LogP contribution in [0.25, 0.3) is 28.4 Å². The fourth-order valence-electron chi connectivity index (χ4n) is 3.29. The molecule has 1 amide bonds. The number of amides is 1. The van der Waals surface area contributed by atoms with E-state index in [1.807, 2.05) is 30.3 Å². The summed E-state index contributed by atoms with van der Waals surface area (Å²) >= 11 is 0. The van der Waals surface area contributed by atoms with Crippen molar-refractivity contribution in [2.24, 2.45) is 0 Å². The van der Waals surface area contributed by atoms with E-state index in [2.05, 4.69) is 10.4 Å². The monoisotopic (exact) mass is 427 g/mol. The third-order valence-corrected chi connectivity index (χ3v) is 4.87. The highest BCUT2D eigenvalue weighted by molar-refractivity contribution is 5.98. The Hall–Kier alpha value is -4.39. The summed E-state index contributed by atoms with van der Waals surface area (Å²) < 4.78 is 11.8. The van der Waals surface area contributed by atoms with E-state index in [1.165, 1.54) is 13.2 Å². The normalized spacial score (nSPS) is 10.9. The van der Waals surface area contributed by atoms with Crippen molar-refractivity contribution in [1.82, 2.24) is 9.66 Å². The number of para-hydroxylation sites is 1. The lowest BCUT2D eigenvalue weighted by Crippen LogP contribution is -2.34. The van der Waals surface area contributed by atoms with Crippen molar-refractivity contribution >= 4 is 22.9 Å². The van der Waals surface area contributed by atoms with Gasteiger partial charge in [0.2, 0.25) is 0 Å². The van der Waals surface area contributed by atoms with Crippen molar-refractivity contribution < 1.29 is 14.3 Å². The topological polar surface area (TPSA) is 82.5 Å². The molecule has 160 valence electrons. The van der Waals surface area contributed by atoms with Crippen LogP contribution in [0.2, 0.25) is 0 Å². The van der Waals surface area contributed by atoms with Gasteiger partial charge in [-0.3, -0.25) is 15.0 Å². The van der Waals surface area contributed by atoms with Crippen LogP contribution < -0.4 is 20.5 Å². The molecular formula is C25H21N3O4. The molecule has 0 radical (unpaired) electrons. The minimum absolute atomic E-state index is 0.274. The van der Waals surface area contributed by atoms with Gasteiger partial charge < -0.3 is 9.47 Å². The Morgan fingerprint density at radius 3 is 2.41 bits per heavy atom. The highest BCUT2D eigenvalue weighted by Crippen LogP contribution is 2.31. The van der Waals surface area contributed by atoms with E-state index < -0.39 is 5.91 Å². The summed E-state index contributed by atoms with van der Waals surface area (Å²) in [6.07, 6.45) is 3.04. The summed E-state index contributed by atoms with van der Waals surface area (Å²) in [5.74, 6) is 0.834. The van der Waals surface area contributed by atoms with E-state index in [9.17, 15) is 9.59 Å². The molecule has 0 aliphatic rings. The third kappa shape index (κ3) is 4.22. The zero-order valence-corrected chi connectivity index (χ0v) is 17.6. The van der Waals surface area contributed by atoms with Gasteiger partial charge in [0, 0.05) is 11.6 Å². The maximum atomic E-state index is 13.2. The predicted octanol–water partition coefficient (Wildman–Crippen LogP) is 3.86. The molecule has 0 aliphatic heterocycles. The maximum Gasteiger partial charge on any atom is 0.280 e. The van der Waals surface area contributed by atoms with Crippen LogP contribution in [0, 0.1) is 0 Å². The second-order valence-electron chi connectivity index (χ2n) is 6.88. The summed E-state index contributed by atoms with van der Waals surface area (Å²) in [6, 6.07) is 21.6. The third-order valence-electron chi connectivity index (χ3n) is 4.87. The van der Waals surface area contributed by atoms with Gasteiger partial charge in [-0.05, 0) is 42.0 Å². The number of benzene rings is 3. The molecule has 3 aromatic carbocycles. The van der Waals surface area contributed by atoms with Gasteiger partial charge in [0.1, 0.15) is 0 Å². The average molecular weight is 427 g/mol. The zero-order valence-electron chi connectivity index (χ0n) is 17.6. The Labute approximate surface area is 184 Å². The summed E-state index contributed by atoms with van der Waals surface area (Å²) in [4.78, 5) is 30.5. The number of ether oxygens (including phenoxy) is 2. The average Bonchev–Trinajstić information content (AvgIpc) is 2.84. The number of aromatic nitrogens is 2. The van der Waals surface area contributed by atoms with Gasteiger partial charge >= 0.3 is 0 Å². The number of methoxy groups -OCH3 is 2. The van der Waals surface area contributed by atoms with Gasteiger partial charge in [0.25, 0.3) is 11.5 Å². The van der Waals surface area contributed by atoms with Crippen LogP contribution in [0.15, 0.2) is 83.7 Å². The number of hydrogen-bond donors (Lipinski definition) is 1. The maximum absolute atomic E-state index is 13.2. The molecule has 0 unspecified atom stereocenters. The first kappa shape index (κ1) is 20.9. The van der Waals surface area contributed by atoms with Crippen molar-refractivity contribution in [2.75, 3.05) is 19.6 Å². The quantitative estimate of drug-likeness (QED) is 0.473. The number of rotatable bonds is 6. The minimum atomic E-state index is -0.463. The molecule has 32 heavy (non-hydrogen) atoms. The highest BCUT2D eigenvalue weighted by Gasteiger charge is 2.16. The molecule has 1 N–H and O–H groups in total. The van der Waals surface area contributed by atoms with Gasteiger partial charge in [-0.25, -0.2) is 4.98 Å². The van der Waals surface area contributed by atoms with E-state index in [0.717, 1.165) is 10.2 Å². The number of carbonyl (C=O) groups is 1. The van der Waals surface area contributed by atoms with Crippen molar-refractivity contribution in [1.29, 1.82) is 0 Å². The van der Waals surface area contributed by atoms with Crippen molar-refractivity contribution in [3.63, 3.8) is 0 Å². The van der Waals surface area contributed by atoms with Gasteiger partial charge in [-0.1, -0.05) is 42.5 Å². The molecule has 0 atom stereocenters. The van der Waals surface area contributed by atoms with E-state index in [4.69, 9.17) is 9.47 Å². The van der Waals surface area contributed by atoms with E-state index >= 15 is 0 Å². The fourth-order valence-corrected chi connectivity index (χ4v) is 3.29. The number of nitrogens with zero attached hydrogens (tertiary/aromatic N) is 2. The molecule has 1 heterocycles. The SMILES string of the molecule is COc1ccc(-c2nc3ccccc3c(=O)n2NC(=O)/C=C/c2ccccc2)cc1OC. The molecule has 7 nitrogen and oxygen atoms in total. The van der Waals surface area contributed by atoms with Crippen molar-refractivity contribution in [3.05, 3.63) is 94.8 Å². The Morgan fingerprint density at radius 2 is 1.66 bits per heavy atom. The first-order valence-electron chi connectivity index (χ1n) is 9.89. The number of nitrogens with one attached hydrogen (secondary N) is 1. The largest absolute Gasteiger partial charge is 0.493 e. The predicted molar refractivity (Wildman–Crippen MR) is 124 cm³/mol. The highest BCUT2D eigenvalue weighted by atomic mass is 16.5. The smallest absolute Gasteiger partial charge is 0.280 e. The Kier molecular flexibility index (Phi) is 5.98. The van der Waals surface area contributed by atoms with Crippen LogP contribution in [0.1, 0.15) is 5.56 Å². The summed E-state index contributed by atoms with van der Waals surface area (Å²) in [5, 5.41) is 0.393. The van der Waals surface area contributed by atoms with Gasteiger partial charge in [-0.15, -0.1) is 0 Å². The molecule has 0 spiro atoms. The lowest BCUT2D eigenvalue weighted by molar-refractivity contribution is -0.112. The zero-order chi connectivity index (χ0) is 22.5. The molecule has 0 saturated carbocycles. The van der Waals surface area contributed by atoms with E-state index in [1.54, 1.807) is 55.7 Å². The first-order chi connectivity index (χ1) is 15.6. The molecule has 0 fully saturated rings. The second kappa shape index (κ2) is 9.18. The second-order valence-corrected chi connectivity index (χ2v) is 6.88. The molecule has 7 heteroatoms. The fraction of sp³-hybridized carbons (Fsp3) is 0.0800. The first-order valence-corrected chi connectivity index (χ1v) is 9.89. The van der Waals surface area contributed by atoms with Gasteiger partial charge in [0.15, 0.2) is 17.3 Å².